The maximum atomic E-state index is 12.7. The Morgan fingerprint density at radius 2 is 1.79 bits per heavy atom. The predicted octanol–water partition coefficient (Wildman–Crippen LogP) is 5.28. The molecule has 0 radical (unpaired) electrons. The van der Waals surface area contributed by atoms with Crippen LogP contribution in [0.15, 0.2) is 78.0 Å². The molecule has 3 rings (SSSR count). The number of alkyl halides is 1. The Kier molecular flexibility index (Phi) is 6.22. The van der Waals surface area contributed by atoms with Crippen LogP contribution in [0.3, 0.4) is 0 Å². The number of halogens is 2. The molecule has 1 aliphatic carbocycles. The molecule has 0 aliphatic heterocycles. The third-order valence-electron chi connectivity index (χ3n) is 4.48. The smallest absolute Gasteiger partial charge is 0.345 e. The fraction of sp³-hybridized carbons (Fsp3) is 0.182. The van der Waals surface area contributed by atoms with Gasteiger partial charge in [-0.1, -0.05) is 42.8 Å². The van der Waals surface area contributed by atoms with E-state index in [1.165, 1.54) is 0 Å². The number of esters is 1. The van der Waals surface area contributed by atoms with Crippen molar-refractivity contribution in [1.82, 2.24) is 5.32 Å². The molecule has 0 spiro atoms. The standard InChI is InChI=1S/C22H19Cl2NO3/c1-2-22(24)13-12-18(21(27)28-17-6-4-3-5-7-17)19(14-22)25-20(26)15-8-10-16(23)11-9-15/h3-13H,2,14H2,1H3,(H,25,26). The molecule has 0 aromatic heterocycles. The number of hydrogen-bond acceptors (Lipinski definition) is 3. The summed E-state index contributed by atoms with van der Waals surface area (Å²) in [6.45, 7) is 1.95. The summed E-state index contributed by atoms with van der Waals surface area (Å²) in [5.41, 5.74) is 1.13. The van der Waals surface area contributed by atoms with Gasteiger partial charge in [-0.3, -0.25) is 4.79 Å². The quantitative estimate of drug-likeness (QED) is 0.410. The molecule has 2 aromatic rings. The lowest BCUT2D eigenvalue weighted by molar-refractivity contribution is -0.129. The van der Waals surface area contributed by atoms with Crippen LogP contribution in [0.5, 0.6) is 5.75 Å². The average Bonchev–Trinajstić information content (AvgIpc) is 2.69. The van der Waals surface area contributed by atoms with Gasteiger partial charge >= 0.3 is 5.97 Å². The molecule has 0 saturated heterocycles. The number of nitrogens with one attached hydrogen (secondary N) is 1. The van der Waals surface area contributed by atoms with Gasteiger partial charge in [0.25, 0.3) is 5.91 Å². The van der Waals surface area contributed by atoms with Crippen LogP contribution in [-0.2, 0) is 4.79 Å². The van der Waals surface area contributed by atoms with Gasteiger partial charge < -0.3 is 10.1 Å². The predicted molar refractivity (Wildman–Crippen MR) is 111 cm³/mol. The van der Waals surface area contributed by atoms with Gasteiger partial charge in [0.1, 0.15) is 5.75 Å². The Labute approximate surface area is 173 Å². The minimum atomic E-state index is -0.668. The number of carbonyl (C=O) groups excluding carboxylic acids is 2. The van der Waals surface area contributed by atoms with Crippen molar-refractivity contribution in [2.75, 3.05) is 0 Å². The molecule has 1 aliphatic rings. The molecule has 0 heterocycles. The van der Waals surface area contributed by atoms with Crippen molar-refractivity contribution >= 4 is 35.1 Å². The highest BCUT2D eigenvalue weighted by atomic mass is 35.5. The molecule has 1 unspecified atom stereocenters. The van der Waals surface area contributed by atoms with Crippen LogP contribution in [0.2, 0.25) is 5.02 Å². The van der Waals surface area contributed by atoms with E-state index in [1.54, 1.807) is 60.7 Å². The van der Waals surface area contributed by atoms with Crippen molar-refractivity contribution in [3.05, 3.63) is 88.6 Å². The fourth-order valence-electron chi connectivity index (χ4n) is 2.79. The Morgan fingerprint density at radius 3 is 2.43 bits per heavy atom. The highest BCUT2D eigenvalue weighted by Gasteiger charge is 2.31. The molecule has 144 valence electrons. The number of carbonyl (C=O) groups is 2. The summed E-state index contributed by atoms with van der Waals surface area (Å²) in [6, 6.07) is 15.3. The molecule has 1 N–H and O–H groups in total. The highest BCUT2D eigenvalue weighted by molar-refractivity contribution is 6.30. The lowest BCUT2D eigenvalue weighted by Crippen LogP contribution is -2.33. The van der Waals surface area contributed by atoms with Gasteiger partial charge in [0.15, 0.2) is 0 Å². The number of amides is 1. The lowest BCUT2D eigenvalue weighted by Gasteiger charge is -2.28. The lowest BCUT2D eigenvalue weighted by atomic mass is 9.90. The zero-order valence-electron chi connectivity index (χ0n) is 15.2. The normalized spacial score (nSPS) is 18.7. The van der Waals surface area contributed by atoms with E-state index in [-0.39, 0.29) is 11.5 Å². The zero-order chi connectivity index (χ0) is 20.1. The largest absolute Gasteiger partial charge is 0.423 e. The molecule has 2 aromatic carbocycles. The third-order valence-corrected chi connectivity index (χ3v) is 5.26. The van der Waals surface area contributed by atoms with Gasteiger partial charge in [-0.2, -0.15) is 0 Å². The van der Waals surface area contributed by atoms with E-state index in [2.05, 4.69) is 5.32 Å². The number of rotatable bonds is 5. The van der Waals surface area contributed by atoms with E-state index >= 15 is 0 Å². The van der Waals surface area contributed by atoms with E-state index in [9.17, 15) is 9.59 Å². The number of benzene rings is 2. The van der Waals surface area contributed by atoms with Crippen molar-refractivity contribution in [2.45, 2.75) is 24.6 Å². The topological polar surface area (TPSA) is 55.4 Å². The van der Waals surface area contributed by atoms with Crippen LogP contribution in [0.4, 0.5) is 0 Å². The first-order valence-corrected chi connectivity index (χ1v) is 9.61. The third kappa shape index (κ3) is 4.83. The summed E-state index contributed by atoms with van der Waals surface area (Å²) in [6.07, 6.45) is 4.34. The van der Waals surface area contributed by atoms with E-state index in [0.717, 1.165) is 0 Å². The van der Waals surface area contributed by atoms with Gasteiger partial charge in [0, 0.05) is 22.7 Å². The van der Waals surface area contributed by atoms with Gasteiger partial charge in [0.05, 0.1) is 10.4 Å². The number of hydrogen-bond donors (Lipinski definition) is 1. The number of allylic oxidation sites excluding steroid dienone is 2. The second kappa shape index (κ2) is 8.63. The van der Waals surface area contributed by atoms with Crippen molar-refractivity contribution in [3.63, 3.8) is 0 Å². The SMILES string of the molecule is CCC1(Cl)C=CC(C(=O)Oc2ccccc2)=C(NC(=O)c2ccc(Cl)cc2)C1. The van der Waals surface area contributed by atoms with Crippen molar-refractivity contribution in [2.24, 2.45) is 0 Å². The molecule has 4 nitrogen and oxygen atoms in total. The number of para-hydroxylation sites is 1. The van der Waals surface area contributed by atoms with Gasteiger partial charge in [-0.25, -0.2) is 4.79 Å². The highest BCUT2D eigenvalue weighted by Crippen LogP contribution is 2.35. The molecule has 28 heavy (non-hydrogen) atoms. The summed E-state index contributed by atoms with van der Waals surface area (Å²) in [5, 5.41) is 3.36. The van der Waals surface area contributed by atoms with Crippen LogP contribution < -0.4 is 10.1 Å². The number of ether oxygens (including phenoxy) is 1. The molecule has 0 fully saturated rings. The summed E-state index contributed by atoms with van der Waals surface area (Å²) in [7, 11) is 0. The summed E-state index contributed by atoms with van der Waals surface area (Å²) in [4.78, 5) is 24.7. The molecular formula is C22H19Cl2NO3. The first-order chi connectivity index (χ1) is 13.4. The Hall–Kier alpha value is -2.56. The fourth-order valence-corrected chi connectivity index (χ4v) is 3.11. The monoisotopic (exact) mass is 415 g/mol. The van der Waals surface area contributed by atoms with Crippen molar-refractivity contribution in [3.8, 4) is 5.75 Å². The zero-order valence-corrected chi connectivity index (χ0v) is 16.8. The maximum Gasteiger partial charge on any atom is 0.345 e. The molecule has 0 bridgehead atoms. The van der Waals surface area contributed by atoms with Crippen LogP contribution in [0.25, 0.3) is 0 Å². The van der Waals surface area contributed by atoms with E-state index in [0.29, 0.717) is 34.9 Å². The van der Waals surface area contributed by atoms with E-state index in [1.807, 2.05) is 13.0 Å². The summed E-state index contributed by atoms with van der Waals surface area (Å²) >= 11 is 12.5. The average molecular weight is 416 g/mol. The summed E-state index contributed by atoms with van der Waals surface area (Å²) < 4.78 is 5.43. The van der Waals surface area contributed by atoms with Crippen molar-refractivity contribution < 1.29 is 14.3 Å². The van der Waals surface area contributed by atoms with Gasteiger partial charge in [0.2, 0.25) is 0 Å². The van der Waals surface area contributed by atoms with Crippen molar-refractivity contribution in [1.29, 1.82) is 0 Å². The summed E-state index contributed by atoms with van der Waals surface area (Å²) in [5.74, 6) is -0.472. The first kappa shape index (κ1) is 20.2. The minimum Gasteiger partial charge on any atom is -0.423 e. The Morgan fingerprint density at radius 1 is 1.11 bits per heavy atom. The minimum absolute atomic E-state index is 0.274. The molecule has 1 atom stereocenters. The van der Waals surface area contributed by atoms with Crippen LogP contribution in [0.1, 0.15) is 30.1 Å². The first-order valence-electron chi connectivity index (χ1n) is 8.85. The van der Waals surface area contributed by atoms with Gasteiger partial charge in [-0.05, 0) is 48.9 Å². The second-order valence-corrected chi connectivity index (χ2v) is 7.64. The Balaban J connectivity index is 1.87. The maximum absolute atomic E-state index is 12.7. The van der Waals surface area contributed by atoms with Crippen LogP contribution in [0, 0.1) is 0 Å². The molecule has 0 saturated carbocycles. The van der Waals surface area contributed by atoms with E-state index < -0.39 is 10.8 Å². The van der Waals surface area contributed by atoms with Gasteiger partial charge in [-0.15, -0.1) is 11.6 Å². The van der Waals surface area contributed by atoms with Crippen LogP contribution >= 0.6 is 23.2 Å². The molecular weight excluding hydrogens is 397 g/mol. The van der Waals surface area contributed by atoms with Crippen LogP contribution in [-0.4, -0.2) is 16.8 Å². The molecule has 6 heteroatoms. The van der Waals surface area contributed by atoms with E-state index in [4.69, 9.17) is 27.9 Å². The second-order valence-electron chi connectivity index (χ2n) is 6.45. The molecule has 1 amide bonds. The Bertz CT molecular complexity index is 936.